The summed E-state index contributed by atoms with van der Waals surface area (Å²) < 4.78 is 10.2. The van der Waals surface area contributed by atoms with Crippen molar-refractivity contribution in [3.63, 3.8) is 0 Å². The van der Waals surface area contributed by atoms with Gasteiger partial charge >= 0.3 is 11.9 Å². The van der Waals surface area contributed by atoms with Gasteiger partial charge in [0.15, 0.2) is 5.57 Å². The van der Waals surface area contributed by atoms with Gasteiger partial charge in [0.1, 0.15) is 5.66 Å². The lowest BCUT2D eigenvalue weighted by atomic mass is 9.89. The van der Waals surface area contributed by atoms with Crippen molar-refractivity contribution < 1.29 is 19.1 Å². The van der Waals surface area contributed by atoms with E-state index in [4.69, 9.17) is 9.47 Å². The largest absolute Gasteiger partial charge is 0.462 e. The molecule has 7 nitrogen and oxygen atoms in total. The first-order valence-corrected chi connectivity index (χ1v) is 8.93. The number of nitrogens with one attached hydrogen (secondary N) is 3. The number of carbonyl (C=O) groups excluding carboxylic acids is 2. The van der Waals surface area contributed by atoms with Gasteiger partial charge in [-0.05, 0) is 45.6 Å². The van der Waals surface area contributed by atoms with Crippen LogP contribution in [0.1, 0.15) is 46.0 Å². The lowest BCUT2D eigenvalue weighted by Gasteiger charge is -2.35. The standard InChI is InChI=1S/C18H25N3O4/c1-3-24-16(22)13(17(23)25-4-2)15-14-12(8-11-19-15)20-18(21-14)9-6-5-7-10-18/h8,11,19-21H,3-7,9-10H2,1-2H3. The summed E-state index contributed by atoms with van der Waals surface area (Å²) in [6.45, 7) is 3.78. The molecule has 2 heterocycles. The number of hydrogen-bond acceptors (Lipinski definition) is 7. The molecule has 0 unspecified atom stereocenters. The van der Waals surface area contributed by atoms with Crippen LogP contribution in [-0.4, -0.2) is 30.8 Å². The van der Waals surface area contributed by atoms with Crippen molar-refractivity contribution >= 4 is 11.9 Å². The first-order valence-electron chi connectivity index (χ1n) is 8.93. The average molecular weight is 347 g/mol. The van der Waals surface area contributed by atoms with Crippen molar-refractivity contribution in [1.82, 2.24) is 16.0 Å². The van der Waals surface area contributed by atoms with Gasteiger partial charge in [-0.1, -0.05) is 6.42 Å². The van der Waals surface area contributed by atoms with Gasteiger partial charge < -0.3 is 25.4 Å². The fourth-order valence-corrected chi connectivity index (χ4v) is 3.56. The maximum absolute atomic E-state index is 12.4. The van der Waals surface area contributed by atoms with E-state index in [0.717, 1.165) is 37.1 Å². The van der Waals surface area contributed by atoms with Gasteiger partial charge in [0.05, 0.1) is 30.3 Å². The quantitative estimate of drug-likeness (QED) is 0.308. The van der Waals surface area contributed by atoms with E-state index in [2.05, 4.69) is 16.0 Å². The molecule has 3 rings (SSSR count). The predicted octanol–water partition coefficient (Wildman–Crippen LogP) is 1.55. The second kappa shape index (κ2) is 7.21. The third-order valence-electron chi connectivity index (χ3n) is 4.65. The zero-order valence-corrected chi connectivity index (χ0v) is 14.7. The van der Waals surface area contributed by atoms with Crippen LogP contribution in [0.5, 0.6) is 0 Å². The molecule has 1 saturated carbocycles. The Labute approximate surface area is 147 Å². The summed E-state index contributed by atoms with van der Waals surface area (Å²) in [7, 11) is 0. The van der Waals surface area contributed by atoms with Gasteiger partial charge in [-0.15, -0.1) is 0 Å². The molecular weight excluding hydrogens is 322 g/mol. The van der Waals surface area contributed by atoms with Crippen LogP contribution in [-0.2, 0) is 19.1 Å². The molecule has 2 aliphatic heterocycles. The fourth-order valence-electron chi connectivity index (χ4n) is 3.56. The van der Waals surface area contributed by atoms with E-state index in [1.165, 1.54) is 6.42 Å². The van der Waals surface area contributed by atoms with Gasteiger partial charge in [-0.25, -0.2) is 9.59 Å². The highest BCUT2D eigenvalue weighted by Gasteiger charge is 2.41. The number of dihydropyridines is 1. The van der Waals surface area contributed by atoms with E-state index >= 15 is 0 Å². The summed E-state index contributed by atoms with van der Waals surface area (Å²) in [5.41, 5.74) is 1.69. The van der Waals surface area contributed by atoms with Crippen LogP contribution in [0.4, 0.5) is 0 Å². The normalized spacial score (nSPS) is 20.3. The molecule has 0 saturated heterocycles. The van der Waals surface area contributed by atoms with Crippen LogP contribution in [0, 0.1) is 0 Å². The molecule has 3 aliphatic rings. The first-order chi connectivity index (χ1) is 12.1. The Balaban J connectivity index is 1.97. The summed E-state index contributed by atoms with van der Waals surface area (Å²) in [5.74, 6) is -1.37. The van der Waals surface area contributed by atoms with E-state index < -0.39 is 11.9 Å². The molecule has 0 aromatic carbocycles. The third kappa shape index (κ3) is 3.36. The lowest BCUT2D eigenvalue weighted by molar-refractivity contribution is -0.146. The summed E-state index contributed by atoms with van der Waals surface area (Å²) >= 11 is 0. The highest BCUT2D eigenvalue weighted by atomic mass is 16.6. The monoisotopic (exact) mass is 347 g/mol. The smallest absolute Gasteiger partial charge is 0.347 e. The Hall–Kier alpha value is -2.44. The Morgan fingerprint density at radius 3 is 2.28 bits per heavy atom. The van der Waals surface area contributed by atoms with Gasteiger partial charge in [-0.2, -0.15) is 0 Å². The van der Waals surface area contributed by atoms with Crippen LogP contribution in [0.25, 0.3) is 0 Å². The summed E-state index contributed by atoms with van der Waals surface area (Å²) in [5, 5.41) is 10.1. The van der Waals surface area contributed by atoms with Crippen molar-refractivity contribution in [1.29, 1.82) is 0 Å². The van der Waals surface area contributed by atoms with Crippen molar-refractivity contribution in [2.75, 3.05) is 13.2 Å². The lowest BCUT2D eigenvalue weighted by Crippen LogP contribution is -2.51. The van der Waals surface area contributed by atoms with Crippen LogP contribution < -0.4 is 16.0 Å². The van der Waals surface area contributed by atoms with E-state index in [9.17, 15) is 9.59 Å². The molecule has 136 valence electrons. The number of esters is 2. The number of allylic oxidation sites excluding steroid dienone is 1. The van der Waals surface area contributed by atoms with Gasteiger partial charge in [0, 0.05) is 6.20 Å². The highest BCUT2D eigenvalue weighted by molar-refractivity contribution is 6.15. The van der Waals surface area contributed by atoms with E-state index in [1.807, 2.05) is 6.08 Å². The van der Waals surface area contributed by atoms with E-state index in [0.29, 0.717) is 5.70 Å². The van der Waals surface area contributed by atoms with Crippen molar-refractivity contribution in [3.8, 4) is 0 Å². The van der Waals surface area contributed by atoms with Crippen LogP contribution in [0.3, 0.4) is 0 Å². The second-order valence-corrected chi connectivity index (χ2v) is 6.35. The maximum atomic E-state index is 12.4. The molecular formula is C18H25N3O4. The topological polar surface area (TPSA) is 88.7 Å². The van der Waals surface area contributed by atoms with Crippen LogP contribution >= 0.6 is 0 Å². The molecule has 0 bridgehead atoms. The Bertz CT molecular complexity index is 637. The first kappa shape index (κ1) is 17.4. The summed E-state index contributed by atoms with van der Waals surface area (Å²) in [4.78, 5) is 24.8. The zero-order valence-electron chi connectivity index (χ0n) is 14.7. The molecule has 0 radical (unpaired) electrons. The molecule has 1 spiro atoms. The van der Waals surface area contributed by atoms with Crippen molar-refractivity contribution in [3.05, 3.63) is 34.9 Å². The number of ether oxygens (including phenoxy) is 2. The number of carbonyl (C=O) groups is 2. The van der Waals surface area contributed by atoms with Gasteiger partial charge in [0.2, 0.25) is 0 Å². The predicted molar refractivity (Wildman–Crippen MR) is 91.7 cm³/mol. The van der Waals surface area contributed by atoms with Crippen LogP contribution in [0.2, 0.25) is 0 Å². The molecule has 0 amide bonds. The minimum atomic E-state index is -0.683. The highest BCUT2D eigenvalue weighted by Crippen LogP contribution is 2.35. The van der Waals surface area contributed by atoms with Gasteiger partial charge in [0.25, 0.3) is 0 Å². The second-order valence-electron chi connectivity index (χ2n) is 6.35. The zero-order chi connectivity index (χ0) is 17.9. The SMILES string of the molecule is CCOC(=O)C(C(=O)OCC)=C1NC=CC2=C1NC1(CCCCC1)N2. The minimum absolute atomic E-state index is 0.109. The Kier molecular flexibility index (Phi) is 5.01. The molecule has 3 N–H and O–H groups in total. The number of rotatable bonds is 4. The molecule has 1 fully saturated rings. The third-order valence-corrected chi connectivity index (χ3v) is 4.65. The van der Waals surface area contributed by atoms with Crippen molar-refractivity contribution in [2.24, 2.45) is 0 Å². The van der Waals surface area contributed by atoms with Crippen molar-refractivity contribution in [2.45, 2.75) is 51.6 Å². The molecule has 1 aliphatic carbocycles. The average Bonchev–Trinajstić information content (AvgIpc) is 2.94. The fraction of sp³-hybridized carbons (Fsp3) is 0.556. The van der Waals surface area contributed by atoms with E-state index in [1.54, 1.807) is 20.0 Å². The van der Waals surface area contributed by atoms with E-state index in [-0.39, 0.29) is 24.4 Å². The molecule has 0 atom stereocenters. The summed E-state index contributed by atoms with van der Waals surface area (Å²) in [6, 6.07) is 0. The Morgan fingerprint density at radius 1 is 1.04 bits per heavy atom. The number of hydrogen-bond donors (Lipinski definition) is 3. The summed E-state index contributed by atoms with van der Waals surface area (Å²) in [6.07, 6.45) is 9.11. The van der Waals surface area contributed by atoms with Crippen LogP contribution in [0.15, 0.2) is 34.9 Å². The molecule has 7 heteroatoms. The Morgan fingerprint density at radius 2 is 1.68 bits per heavy atom. The maximum Gasteiger partial charge on any atom is 0.347 e. The van der Waals surface area contributed by atoms with Gasteiger partial charge in [-0.3, -0.25) is 0 Å². The molecule has 0 aromatic rings. The minimum Gasteiger partial charge on any atom is -0.462 e. The molecule has 0 aromatic heterocycles. The molecule has 25 heavy (non-hydrogen) atoms.